The van der Waals surface area contributed by atoms with Crippen LogP contribution in [0.15, 0.2) is 29.3 Å². The van der Waals surface area contributed by atoms with E-state index in [4.69, 9.17) is 11.6 Å². The van der Waals surface area contributed by atoms with E-state index in [9.17, 15) is 0 Å². The largest absolute Gasteiger partial charge is 0.365 e. The highest BCUT2D eigenvalue weighted by molar-refractivity contribution is 8.14. The second-order valence-electron chi connectivity index (χ2n) is 3.34. The fraction of sp³-hybridized carbons (Fsp3) is 0.364. The van der Waals surface area contributed by atoms with Crippen LogP contribution in [0.4, 0.5) is 0 Å². The van der Waals surface area contributed by atoms with Gasteiger partial charge in [-0.15, -0.1) is 0 Å². The van der Waals surface area contributed by atoms with Gasteiger partial charge in [0.2, 0.25) is 0 Å². The Balaban J connectivity index is 1.75. The molecule has 1 aliphatic rings. The summed E-state index contributed by atoms with van der Waals surface area (Å²) in [6, 6.07) is 7.98. The van der Waals surface area contributed by atoms with Crippen molar-refractivity contribution in [3.8, 4) is 0 Å². The summed E-state index contributed by atoms with van der Waals surface area (Å²) >= 11 is 7.61. The average molecular weight is 241 g/mol. The van der Waals surface area contributed by atoms with Crippen LogP contribution in [-0.4, -0.2) is 24.0 Å². The molecule has 1 N–H and O–H groups in total. The number of hydrogen-bond donors (Lipinski definition) is 1. The van der Waals surface area contributed by atoms with E-state index in [2.05, 4.69) is 22.4 Å². The van der Waals surface area contributed by atoms with Crippen molar-refractivity contribution in [3.05, 3.63) is 34.9 Å². The lowest BCUT2D eigenvalue weighted by Gasteiger charge is -2.04. The van der Waals surface area contributed by atoms with Crippen LogP contribution in [0.5, 0.6) is 0 Å². The van der Waals surface area contributed by atoms with Gasteiger partial charge in [-0.25, -0.2) is 0 Å². The number of thioether (sulfide) groups is 1. The molecule has 15 heavy (non-hydrogen) atoms. The summed E-state index contributed by atoms with van der Waals surface area (Å²) in [6.45, 7) is 1.89. The number of halogens is 1. The Morgan fingerprint density at radius 1 is 1.33 bits per heavy atom. The van der Waals surface area contributed by atoms with Gasteiger partial charge < -0.3 is 5.32 Å². The lowest BCUT2D eigenvalue weighted by Crippen LogP contribution is -2.21. The van der Waals surface area contributed by atoms with Gasteiger partial charge in [0, 0.05) is 17.3 Å². The normalized spacial score (nSPS) is 15.1. The molecule has 0 amide bonds. The Hall–Kier alpha value is -0.670. The molecule has 0 fully saturated rings. The molecule has 1 aromatic rings. The third kappa shape index (κ3) is 3.43. The first-order valence-corrected chi connectivity index (χ1v) is 6.36. The van der Waals surface area contributed by atoms with Gasteiger partial charge in [-0.1, -0.05) is 35.5 Å². The van der Waals surface area contributed by atoms with Gasteiger partial charge in [-0.05, 0) is 24.1 Å². The number of benzene rings is 1. The zero-order chi connectivity index (χ0) is 10.5. The van der Waals surface area contributed by atoms with Crippen LogP contribution in [-0.2, 0) is 6.42 Å². The number of nitrogens with zero attached hydrogens (tertiary/aromatic N) is 1. The summed E-state index contributed by atoms with van der Waals surface area (Å²) in [5, 5.41) is 5.21. The number of hydrogen-bond acceptors (Lipinski definition) is 3. The fourth-order valence-corrected chi connectivity index (χ4v) is 2.30. The first kappa shape index (κ1) is 10.8. The Labute approximate surface area is 99.1 Å². The van der Waals surface area contributed by atoms with Crippen LogP contribution in [0, 0.1) is 0 Å². The fourth-order valence-electron chi connectivity index (χ4n) is 1.41. The molecule has 1 aliphatic heterocycles. The Bertz CT molecular complexity index is 348. The van der Waals surface area contributed by atoms with Crippen LogP contribution in [0.1, 0.15) is 5.56 Å². The molecule has 80 valence electrons. The van der Waals surface area contributed by atoms with Gasteiger partial charge in [-0.3, -0.25) is 4.99 Å². The summed E-state index contributed by atoms with van der Waals surface area (Å²) in [5.41, 5.74) is 1.30. The van der Waals surface area contributed by atoms with Gasteiger partial charge in [-0.2, -0.15) is 0 Å². The molecule has 1 aromatic carbocycles. The zero-order valence-corrected chi connectivity index (χ0v) is 9.94. The highest BCUT2D eigenvalue weighted by Crippen LogP contribution is 2.11. The van der Waals surface area contributed by atoms with Gasteiger partial charge >= 0.3 is 0 Å². The van der Waals surface area contributed by atoms with E-state index in [1.807, 2.05) is 12.1 Å². The van der Waals surface area contributed by atoms with Crippen molar-refractivity contribution >= 4 is 28.5 Å². The van der Waals surface area contributed by atoms with E-state index in [1.165, 1.54) is 5.56 Å². The van der Waals surface area contributed by atoms with E-state index >= 15 is 0 Å². The molecule has 0 aromatic heterocycles. The first-order chi connectivity index (χ1) is 7.34. The Morgan fingerprint density at radius 3 is 2.80 bits per heavy atom. The molecule has 0 bridgehead atoms. The molecule has 0 spiro atoms. The summed E-state index contributed by atoms with van der Waals surface area (Å²) in [5.74, 6) is 1.11. The van der Waals surface area contributed by atoms with Crippen LogP contribution >= 0.6 is 23.4 Å². The maximum absolute atomic E-state index is 5.81. The lowest BCUT2D eigenvalue weighted by molar-refractivity contribution is 0.872. The molecule has 0 saturated carbocycles. The second-order valence-corrected chi connectivity index (χ2v) is 4.86. The number of nitrogens with one attached hydrogen (secondary N) is 1. The molecule has 4 heteroatoms. The topological polar surface area (TPSA) is 24.4 Å². The standard InChI is InChI=1S/C11H13ClN2S/c12-10-3-1-9(2-4-10)5-6-13-11-14-7-8-15-11/h1-4H,5-8H2,(H,13,14). The molecule has 0 saturated heterocycles. The van der Waals surface area contributed by atoms with Crippen LogP contribution in [0.25, 0.3) is 0 Å². The van der Waals surface area contributed by atoms with E-state index in [0.29, 0.717) is 0 Å². The zero-order valence-electron chi connectivity index (χ0n) is 8.37. The van der Waals surface area contributed by atoms with E-state index in [1.54, 1.807) is 11.8 Å². The van der Waals surface area contributed by atoms with Crippen molar-refractivity contribution in [3.63, 3.8) is 0 Å². The van der Waals surface area contributed by atoms with Crippen molar-refractivity contribution in [2.45, 2.75) is 6.42 Å². The van der Waals surface area contributed by atoms with Gasteiger partial charge in [0.1, 0.15) is 0 Å². The van der Waals surface area contributed by atoms with Crippen molar-refractivity contribution < 1.29 is 0 Å². The highest BCUT2D eigenvalue weighted by Gasteiger charge is 2.05. The smallest absolute Gasteiger partial charge is 0.156 e. The Morgan fingerprint density at radius 2 is 2.13 bits per heavy atom. The number of amidine groups is 1. The molecular formula is C11H13ClN2S. The minimum absolute atomic E-state index is 0.794. The van der Waals surface area contributed by atoms with Crippen LogP contribution in [0.3, 0.4) is 0 Å². The monoisotopic (exact) mass is 240 g/mol. The molecule has 0 radical (unpaired) electrons. The molecule has 2 nitrogen and oxygen atoms in total. The Kier molecular flexibility index (Phi) is 3.92. The van der Waals surface area contributed by atoms with Gasteiger partial charge in [0.15, 0.2) is 5.17 Å². The molecule has 2 rings (SSSR count). The van der Waals surface area contributed by atoms with E-state index < -0.39 is 0 Å². The van der Waals surface area contributed by atoms with E-state index in [-0.39, 0.29) is 0 Å². The summed E-state index contributed by atoms with van der Waals surface area (Å²) in [7, 11) is 0. The summed E-state index contributed by atoms with van der Waals surface area (Å²) in [4.78, 5) is 4.33. The summed E-state index contributed by atoms with van der Waals surface area (Å²) < 4.78 is 0. The highest BCUT2D eigenvalue weighted by atomic mass is 35.5. The minimum Gasteiger partial charge on any atom is -0.365 e. The van der Waals surface area contributed by atoms with Crippen LogP contribution in [0.2, 0.25) is 5.02 Å². The molecule has 0 aliphatic carbocycles. The molecular weight excluding hydrogens is 228 g/mol. The number of aliphatic imine (C=N–C) groups is 1. The molecule has 0 unspecified atom stereocenters. The van der Waals surface area contributed by atoms with Gasteiger partial charge in [0.05, 0.1) is 6.54 Å². The van der Waals surface area contributed by atoms with Crippen molar-refractivity contribution in [2.24, 2.45) is 4.99 Å². The van der Waals surface area contributed by atoms with Gasteiger partial charge in [0.25, 0.3) is 0 Å². The SMILES string of the molecule is Clc1ccc(CCNC2=NCCS2)cc1. The predicted molar refractivity (Wildman–Crippen MR) is 67.9 cm³/mol. The van der Waals surface area contributed by atoms with Crippen LogP contribution < -0.4 is 5.32 Å². The predicted octanol–water partition coefficient (Wildman–Crippen LogP) is 2.57. The van der Waals surface area contributed by atoms with Crippen molar-refractivity contribution in [2.75, 3.05) is 18.8 Å². The van der Waals surface area contributed by atoms with E-state index in [0.717, 1.165) is 35.5 Å². The third-order valence-electron chi connectivity index (χ3n) is 2.19. The lowest BCUT2D eigenvalue weighted by atomic mass is 10.1. The molecule has 0 atom stereocenters. The quantitative estimate of drug-likeness (QED) is 0.878. The summed E-state index contributed by atoms with van der Waals surface area (Å²) in [6.07, 6.45) is 1.01. The second kappa shape index (κ2) is 5.42. The maximum Gasteiger partial charge on any atom is 0.156 e. The van der Waals surface area contributed by atoms with Crippen molar-refractivity contribution in [1.29, 1.82) is 0 Å². The third-order valence-corrected chi connectivity index (χ3v) is 3.37. The number of rotatable bonds is 3. The first-order valence-electron chi connectivity index (χ1n) is 5.00. The van der Waals surface area contributed by atoms with Crippen molar-refractivity contribution in [1.82, 2.24) is 5.32 Å². The average Bonchev–Trinajstić information content (AvgIpc) is 2.74. The minimum atomic E-state index is 0.794. The maximum atomic E-state index is 5.81. The molecule has 1 heterocycles.